The molecule has 35 heavy (non-hydrogen) atoms. The molecular formula is C24H25F2N3O5S. The van der Waals surface area contributed by atoms with Crippen LogP contribution in [0.4, 0.5) is 8.78 Å². The molecule has 1 amide bonds. The number of nitrogens with one attached hydrogen (secondary N) is 1. The number of hydrogen-bond donors (Lipinski definition) is 1. The number of aryl methyl sites for hydroxylation is 1. The highest BCUT2D eigenvalue weighted by Crippen LogP contribution is 2.22. The Morgan fingerprint density at radius 1 is 1.03 bits per heavy atom. The molecule has 0 aliphatic rings. The van der Waals surface area contributed by atoms with Gasteiger partial charge in [-0.25, -0.2) is 17.2 Å². The number of halogens is 2. The van der Waals surface area contributed by atoms with E-state index in [0.29, 0.717) is 16.8 Å². The van der Waals surface area contributed by atoms with E-state index in [1.54, 1.807) is 40.0 Å². The van der Waals surface area contributed by atoms with E-state index in [0.717, 1.165) is 12.1 Å². The summed E-state index contributed by atoms with van der Waals surface area (Å²) in [5.41, 5.74) is 1.44. The lowest BCUT2D eigenvalue weighted by Crippen LogP contribution is -2.28. The first-order chi connectivity index (χ1) is 16.4. The Bertz CT molecular complexity index is 1350. The topological polar surface area (TPSA) is 107 Å². The molecule has 0 saturated heterocycles. The standard InChI is InChI=1S/C24H25F2N3O5S/c1-14(2)34-23(30)13-35(32,33)18-8-5-16(6-9-18)15(3)27-24(31)22-12-21(28-29(22)4)17-7-10-19(25)20(26)11-17/h5-12,14-15H,13H2,1-4H3,(H,27,31)/t15-/m1/s1. The van der Waals surface area contributed by atoms with Gasteiger partial charge in [0.2, 0.25) is 0 Å². The third kappa shape index (κ3) is 6.30. The van der Waals surface area contributed by atoms with Gasteiger partial charge in [-0.15, -0.1) is 0 Å². The lowest BCUT2D eigenvalue weighted by molar-refractivity contribution is -0.144. The number of carbonyl (C=O) groups excluding carboxylic acids is 2. The number of carbonyl (C=O) groups is 2. The predicted molar refractivity (Wildman–Crippen MR) is 124 cm³/mol. The number of aromatic nitrogens is 2. The molecule has 1 heterocycles. The molecule has 3 aromatic rings. The maximum atomic E-state index is 13.6. The van der Waals surface area contributed by atoms with Crippen molar-refractivity contribution in [1.82, 2.24) is 15.1 Å². The molecule has 8 nitrogen and oxygen atoms in total. The van der Waals surface area contributed by atoms with Gasteiger partial charge < -0.3 is 10.1 Å². The smallest absolute Gasteiger partial charge is 0.321 e. The number of ether oxygens (including phenoxy) is 1. The van der Waals surface area contributed by atoms with E-state index in [4.69, 9.17) is 4.74 Å². The van der Waals surface area contributed by atoms with Crippen molar-refractivity contribution in [3.63, 3.8) is 0 Å². The molecule has 1 atom stereocenters. The molecule has 0 saturated carbocycles. The summed E-state index contributed by atoms with van der Waals surface area (Å²) in [4.78, 5) is 24.5. The molecule has 2 aromatic carbocycles. The van der Waals surface area contributed by atoms with Gasteiger partial charge >= 0.3 is 5.97 Å². The fraction of sp³-hybridized carbons (Fsp3) is 0.292. The SMILES string of the molecule is CC(C)OC(=O)CS(=O)(=O)c1ccc([C@@H](C)NC(=O)c2cc(-c3ccc(F)c(F)c3)nn2C)cc1. The summed E-state index contributed by atoms with van der Waals surface area (Å²) in [7, 11) is -2.32. The second-order valence-corrected chi connectivity index (χ2v) is 10.2. The Morgan fingerprint density at radius 2 is 1.69 bits per heavy atom. The van der Waals surface area contributed by atoms with Crippen LogP contribution in [0.2, 0.25) is 0 Å². The molecule has 1 aromatic heterocycles. The van der Waals surface area contributed by atoms with Gasteiger partial charge in [0.25, 0.3) is 5.91 Å². The van der Waals surface area contributed by atoms with Crippen LogP contribution in [0.1, 0.15) is 42.9 Å². The summed E-state index contributed by atoms with van der Waals surface area (Å²) in [6.07, 6.45) is -0.420. The molecule has 0 unspecified atom stereocenters. The maximum absolute atomic E-state index is 13.6. The molecular weight excluding hydrogens is 480 g/mol. The fourth-order valence-corrected chi connectivity index (χ4v) is 4.43. The van der Waals surface area contributed by atoms with E-state index < -0.39 is 51.2 Å². The molecule has 0 fully saturated rings. The summed E-state index contributed by atoms with van der Waals surface area (Å²) >= 11 is 0. The van der Waals surface area contributed by atoms with E-state index >= 15 is 0 Å². The average Bonchev–Trinajstić information content (AvgIpc) is 3.16. The monoisotopic (exact) mass is 505 g/mol. The van der Waals surface area contributed by atoms with Crippen LogP contribution in [-0.4, -0.2) is 41.9 Å². The van der Waals surface area contributed by atoms with Gasteiger partial charge in [-0.3, -0.25) is 14.3 Å². The number of esters is 1. The second kappa shape index (κ2) is 10.3. The van der Waals surface area contributed by atoms with Crippen molar-refractivity contribution in [3.05, 3.63) is 71.4 Å². The van der Waals surface area contributed by atoms with Crippen molar-refractivity contribution in [1.29, 1.82) is 0 Å². The van der Waals surface area contributed by atoms with Gasteiger partial charge in [0.15, 0.2) is 27.2 Å². The minimum absolute atomic E-state index is 0.0386. The molecule has 0 aliphatic carbocycles. The largest absolute Gasteiger partial charge is 0.462 e. The first-order valence-electron chi connectivity index (χ1n) is 10.7. The third-order valence-electron chi connectivity index (χ3n) is 5.09. The van der Waals surface area contributed by atoms with Gasteiger partial charge in [0.05, 0.1) is 22.7 Å². The number of amides is 1. The number of benzene rings is 2. The zero-order valence-electron chi connectivity index (χ0n) is 19.6. The van der Waals surface area contributed by atoms with Crippen molar-refractivity contribution < 1.29 is 31.5 Å². The summed E-state index contributed by atoms with van der Waals surface area (Å²) in [5, 5.41) is 6.99. The maximum Gasteiger partial charge on any atom is 0.321 e. The Balaban J connectivity index is 1.70. The fourth-order valence-electron chi connectivity index (χ4n) is 3.33. The van der Waals surface area contributed by atoms with E-state index in [1.807, 2.05) is 0 Å². The highest BCUT2D eigenvalue weighted by Gasteiger charge is 2.22. The van der Waals surface area contributed by atoms with Crippen LogP contribution in [0.3, 0.4) is 0 Å². The Morgan fingerprint density at radius 3 is 2.29 bits per heavy atom. The summed E-state index contributed by atoms with van der Waals surface area (Å²) in [6, 6.07) is 10.1. The lowest BCUT2D eigenvalue weighted by atomic mass is 10.1. The molecule has 0 radical (unpaired) electrons. The van der Waals surface area contributed by atoms with Crippen molar-refractivity contribution in [3.8, 4) is 11.3 Å². The van der Waals surface area contributed by atoms with Crippen molar-refractivity contribution >= 4 is 21.7 Å². The van der Waals surface area contributed by atoms with Gasteiger partial charge in [-0.2, -0.15) is 5.10 Å². The molecule has 186 valence electrons. The van der Waals surface area contributed by atoms with Crippen LogP contribution in [0.15, 0.2) is 53.4 Å². The molecule has 0 spiro atoms. The van der Waals surface area contributed by atoms with E-state index in [9.17, 15) is 26.8 Å². The van der Waals surface area contributed by atoms with Crippen LogP contribution in [0.25, 0.3) is 11.3 Å². The molecule has 1 N–H and O–H groups in total. The zero-order valence-corrected chi connectivity index (χ0v) is 20.4. The second-order valence-electron chi connectivity index (χ2n) is 8.23. The molecule has 0 aliphatic heterocycles. The Hall–Kier alpha value is -3.60. The van der Waals surface area contributed by atoms with E-state index in [2.05, 4.69) is 10.4 Å². The van der Waals surface area contributed by atoms with Crippen LogP contribution in [-0.2, 0) is 26.4 Å². The van der Waals surface area contributed by atoms with Gasteiger partial charge in [0, 0.05) is 12.6 Å². The molecule has 0 bridgehead atoms. The van der Waals surface area contributed by atoms with Crippen molar-refractivity contribution in [2.75, 3.05) is 5.75 Å². The summed E-state index contributed by atoms with van der Waals surface area (Å²) in [5.74, 6) is -4.06. The highest BCUT2D eigenvalue weighted by atomic mass is 32.2. The number of hydrogen-bond acceptors (Lipinski definition) is 6. The van der Waals surface area contributed by atoms with Crippen molar-refractivity contribution in [2.45, 2.75) is 37.8 Å². The third-order valence-corrected chi connectivity index (χ3v) is 6.70. The van der Waals surface area contributed by atoms with Crippen LogP contribution in [0, 0.1) is 11.6 Å². The zero-order chi connectivity index (χ0) is 25.9. The Kier molecular flexibility index (Phi) is 7.69. The quantitative estimate of drug-likeness (QED) is 0.469. The summed E-state index contributed by atoms with van der Waals surface area (Å²) in [6.45, 7) is 4.97. The first kappa shape index (κ1) is 26.0. The van der Waals surface area contributed by atoms with Gasteiger partial charge in [0.1, 0.15) is 5.69 Å². The highest BCUT2D eigenvalue weighted by molar-refractivity contribution is 7.92. The Labute approximate surface area is 201 Å². The lowest BCUT2D eigenvalue weighted by Gasteiger charge is -2.15. The van der Waals surface area contributed by atoms with Crippen molar-refractivity contribution in [2.24, 2.45) is 7.05 Å². The minimum atomic E-state index is -3.87. The number of nitrogens with zero attached hydrogens (tertiary/aromatic N) is 2. The van der Waals surface area contributed by atoms with E-state index in [1.165, 1.54) is 28.9 Å². The van der Waals surface area contributed by atoms with E-state index in [-0.39, 0.29) is 10.6 Å². The normalized spacial score (nSPS) is 12.4. The van der Waals surface area contributed by atoms with Gasteiger partial charge in [-0.05, 0) is 62.7 Å². The number of rotatable bonds is 8. The van der Waals surface area contributed by atoms with Gasteiger partial charge in [-0.1, -0.05) is 12.1 Å². The summed E-state index contributed by atoms with van der Waals surface area (Å²) < 4.78 is 57.9. The molecule has 3 rings (SSSR count). The molecule has 11 heteroatoms. The van der Waals surface area contributed by atoms with Crippen LogP contribution in [0.5, 0.6) is 0 Å². The van der Waals surface area contributed by atoms with Crippen LogP contribution < -0.4 is 5.32 Å². The first-order valence-corrected chi connectivity index (χ1v) is 12.3. The number of sulfone groups is 1. The average molecular weight is 506 g/mol. The van der Waals surface area contributed by atoms with Crippen LogP contribution >= 0.6 is 0 Å². The minimum Gasteiger partial charge on any atom is -0.462 e. The predicted octanol–water partition coefficient (Wildman–Crippen LogP) is 3.58.